The Balaban J connectivity index is 1.86. The van der Waals surface area contributed by atoms with Crippen LogP contribution in [0.1, 0.15) is 33.6 Å². The fourth-order valence-corrected chi connectivity index (χ4v) is 4.73. The highest BCUT2D eigenvalue weighted by molar-refractivity contribution is 7.99. The Morgan fingerprint density at radius 3 is 2.16 bits per heavy atom. The van der Waals surface area contributed by atoms with E-state index in [0.717, 1.165) is 0 Å². The molecule has 2 bridgehead atoms. The molecule has 4 nitrogen and oxygen atoms in total. The number of halogens is 2. The third-order valence-corrected chi connectivity index (χ3v) is 6.99. The van der Waals surface area contributed by atoms with Gasteiger partial charge in [-0.3, -0.25) is 14.4 Å². The van der Waals surface area contributed by atoms with E-state index in [-0.39, 0.29) is 0 Å². The number of fused-ring (bicyclic) bond motifs is 2. The number of rotatable bonds is 4. The van der Waals surface area contributed by atoms with E-state index in [9.17, 15) is 23.2 Å². The minimum atomic E-state index is -2.52. The zero-order chi connectivity index (χ0) is 18.6. The number of hydrogen-bond donors (Lipinski definition) is 1. The van der Waals surface area contributed by atoms with E-state index in [0.29, 0.717) is 35.2 Å². The molecule has 2 atom stereocenters. The van der Waals surface area contributed by atoms with Gasteiger partial charge < -0.3 is 5.32 Å². The smallest absolute Gasteiger partial charge is 0.288 e. The second-order valence-electron chi connectivity index (χ2n) is 7.38. The Morgan fingerprint density at radius 1 is 1.08 bits per heavy atom. The molecule has 0 unspecified atom stereocenters. The molecule has 7 heteroatoms. The number of nitrogens with one attached hydrogen (secondary N) is 1. The second kappa shape index (κ2) is 5.62. The number of amides is 1. The highest BCUT2D eigenvalue weighted by Crippen LogP contribution is 2.69. The van der Waals surface area contributed by atoms with Crippen molar-refractivity contribution in [1.29, 1.82) is 0 Å². The molecule has 2 fully saturated rings. The van der Waals surface area contributed by atoms with Gasteiger partial charge in [0.15, 0.2) is 0 Å². The summed E-state index contributed by atoms with van der Waals surface area (Å²) in [6.07, 6.45) is 0.841. The molecule has 3 rings (SSSR count). The molecule has 134 valence electrons. The molecule has 0 aromatic heterocycles. The summed E-state index contributed by atoms with van der Waals surface area (Å²) in [5.74, 6) is -4.10. The van der Waals surface area contributed by atoms with Crippen LogP contribution in [0, 0.1) is 16.2 Å². The highest BCUT2D eigenvalue weighted by Gasteiger charge is 2.77. The molecule has 1 aromatic rings. The van der Waals surface area contributed by atoms with Gasteiger partial charge in [0.2, 0.25) is 17.5 Å². The Labute approximate surface area is 148 Å². The first-order chi connectivity index (χ1) is 11.6. The lowest BCUT2D eigenvalue weighted by Crippen LogP contribution is -2.47. The van der Waals surface area contributed by atoms with Crippen LogP contribution in [-0.2, 0) is 14.4 Å². The normalized spacial score (nSPS) is 30.2. The fraction of sp³-hybridized carbons (Fsp3) is 0.500. The van der Waals surface area contributed by atoms with E-state index >= 15 is 0 Å². The van der Waals surface area contributed by atoms with E-state index in [4.69, 9.17) is 0 Å². The molecule has 1 N–H and O–H groups in total. The third-order valence-electron chi connectivity index (χ3n) is 6.27. The monoisotopic (exact) mass is 367 g/mol. The van der Waals surface area contributed by atoms with Gasteiger partial charge in [0, 0.05) is 16.0 Å². The molecule has 0 radical (unpaired) electrons. The van der Waals surface area contributed by atoms with Crippen LogP contribution in [0.25, 0.3) is 0 Å². The van der Waals surface area contributed by atoms with E-state index in [2.05, 4.69) is 5.32 Å². The van der Waals surface area contributed by atoms with Crippen LogP contribution in [0.5, 0.6) is 0 Å². The number of Topliss-reactive ketones (excluding diaryl/α,β-unsaturated/α-hetero) is 2. The minimum absolute atomic E-state index is 0.340. The molecule has 0 spiro atoms. The molecule has 0 aliphatic heterocycles. The van der Waals surface area contributed by atoms with Gasteiger partial charge >= 0.3 is 0 Å². The predicted octanol–water partition coefficient (Wildman–Crippen LogP) is 3.90. The topological polar surface area (TPSA) is 63.2 Å². The van der Waals surface area contributed by atoms with Gasteiger partial charge in [-0.25, -0.2) is 0 Å². The minimum Gasteiger partial charge on any atom is -0.325 e. The Hall–Kier alpha value is -1.76. The van der Waals surface area contributed by atoms with Crippen LogP contribution >= 0.6 is 11.8 Å². The number of anilines is 1. The van der Waals surface area contributed by atoms with E-state index in [1.807, 2.05) is 0 Å². The van der Waals surface area contributed by atoms with Crippen LogP contribution in [0.3, 0.4) is 0 Å². The van der Waals surface area contributed by atoms with Gasteiger partial charge in [-0.1, -0.05) is 32.5 Å². The summed E-state index contributed by atoms with van der Waals surface area (Å²) in [6, 6.07) is 5.99. The van der Waals surface area contributed by atoms with Crippen molar-refractivity contribution in [2.45, 2.75) is 44.3 Å². The maximum atomic E-state index is 13.0. The average molecular weight is 367 g/mol. The van der Waals surface area contributed by atoms with Crippen molar-refractivity contribution in [3.8, 4) is 0 Å². The van der Waals surface area contributed by atoms with Gasteiger partial charge in [0.1, 0.15) is 5.41 Å². The van der Waals surface area contributed by atoms with E-state index < -0.39 is 39.5 Å². The Morgan fingerprint density at radius 2 is 1.68 bits per heavy atom. The number of carbonyl (C=O) groups is 3. The van der Waals surface area contributed by atoms with Crippen LogP contribution in [-0.4, -0.2) is 23.2 Å². The number of carbonyl (C=O) groups excluding carboxylic acids is 3. The molecule has 0 saturated heterocycles. The number of thioether (sulfide) groups is 1. The summed E-state index contributed by atoms with van der Waals surface area (Å²) >= 11 is 0.417. The van der Waals surface area contributed by atoms with Crippen LogP contribution in [0.4, 0.5) is 14.5 Å². The molecule has 0 heterocycles. The van der Waals surface area contributed by atoms with Crippen molar-refractivity contribution < 1.29 is 23.2 Å². The van der Waals surface area contributed by atoms with E-state index in [1.54, 1.807) is 20.8 Å². The van der Waals surface area contributed by atoms with Crippen molar-refractivity contribution in [3.05, 3.63) is 24.3 Å². The highest BCUT2D eigenvalue weighted by atomic mass is 32.2. The standard InChI is InChI=1S/C18H19F2NO3S/c1-16(2)17(3)8-9-18(16,13(23)12(17)22)14(24)21-10-4-6-11(7-5-10)25-15(19)20/h4-7,15H,8-9H2,1-3H3,(H,21,24)/t17-,18+/m0/s1. The number of hydrogen-bond acceptors (Lipinski definition) is 4. The van der Waals surface area contributed by atoms with Gasteiger partial charge in [-0.2, -0.15) is 8.78 Å². The lowest BCUT2D eigenvalue weighted by Gasteiger charge is -2.37. The number of benzene rings is 1. The first kappa shape index (κ1) is 18.0. The molecule has 2 aliphatic carbocycles. The lowest BCUT2D eigenvalue weighted by atomic mass is 9.64. The molecule has 2 saturated carbocycles. The fourth-order valence-electron chi connectivity index (χ4n) is 4.23. The van der Waals surface area contributed by atoms with Crippen molar-refractivity contribution in [2.75, 3.05) is 5.32 Å². The molecule has 1 aromatic carbocycles. The lowest BCUT2D eigenvalue weighted by molar-refractivity contribution is -0.147. The predicted molar refractivity (Wildman–Crippen MR) is 90.5 cm³/mol. The maximum Gasteiger partial charge on any atom is 0.288 e. The Kier molecular flexibility index (Phi) is 4.06. The van der Waals surface area contributed by atoms with Gasteiger partial charge in [-0.15, -0.1) is 0 Å². The zero-order valence-corrected chi connectivity index (χ0v) is 15.0. The molecular formula is C18H19F2NO3S. The van der Waals surface area contributed by atoms with Crippen LogP contribution < -0.4 is 5.32 Å². The molecular weight excluding hydrogens is 348 g/mol. The number of ketones is 2. The summed E-state index contributed by atoms with van der Waals surface area (Å²) in [6.45, 7) is 5.35. The van der Waals surface area contributed by atoms with Gasteiger partial charge in [0.25, 0.3) is 5.76 Å². The van der Waals surface area contributed by atoms with Crippen molar-refractivity contribution in [2.24, 2.45) is 16.2 Å². The second-order valence-corrected chi connectivity index (χ2v) is 8.44. The summed E-state index contributed by atoms with van der Waals surface area (Å²) in [7, 11) is 0. The molecule has 25 heavy (non-hydrogen) atoms. The summed E-state index contributed by atoms with van der Waals surface area (Å²) in [5.41, 5.74) is -2.55. The maximum absolute atomic E-state index is 13.0. The zero-order valence-electron chi connectivity index (χ0n) is 14.2. The van der Waals surface area contributed by atoms with Crippen LogP contribution in [0.15, 0.2) is 29.2 Å². The first-order valence-electron chi connectivity index (χ1n) is 8.02. The largest absolute Gasteiger partial charge is 0.325 e. The van der Waals surface area contributed by atoms with Crippen molar-refractivity contribution in [3.63, 3.8) is 0 Å². The quantitative estimate of drug-likeness (QED) is 0.498. The summed E-state index contributed by atoms with van der Waals surface area (Å²) in [4.78, 5) is 38.4. The van der Waals surface area contributed by atoms with Crippen molar-refractivity contribution in [1.82, 2.24) is 0 Å². The average Bonchev–Trinajstić information content (AvgIpc) is 2.81. The first-order valence-corrected chi connectivity index (χ1v) is 8.90. The van der Waals surface area contributed by atoms with E-state index in [1.165, 1.54) is 24.3 Å². The summed E-state index contributed by atoms with van der Waals surface area (Å²) < 4.78 is 24.7. The molecule has 2 aliphatic rings. The number of alkyl halides is 2. The van der Waals surface area contributed by atoms with Gasteiger partial charge in [0.05, 0.1) is 0 Å². The molecule has 1 amide bonds. The van der Waals surface area contributed by atoms with Crippen LogP contribution in [0.2, 0.25) is 0 Å². The SMILES string of the molecule is CC1(C)[C@]2(C(=O)Nc3ccc(SC(F)F)cc3)CC[C@@]1(C)C(=O)C2=O. The Bertz CT molecular complexity index is 762. The third kappa shape index (κ3) is 2.28. The van der Waals surface area contributed by atoms with Gasteiger partial charge in [-0.05, 0) is 42.5 Å². The van der Waals surface area contributed by atoms with Crippen molar-refractivity contribution >= 4 is 34.9 Å². The summed E-state index contributed by atoms with van der Waals surface area (Å²) in [5, 5.41) is 2.70.